The van der Waals surface area contributed by atoms with E-state index in [0.29, 0.717) is 0 Å². The van der Waals surface area contributed by atoms with Crippen molar-refractivity contribution in [2.24, 2.45) is 0 Å². The van der Waals surface area contributed by atoms with Crippen LogP contribution in [-0.2, 0) is 25.7 Å². The van der Waals surface area contributed by atoms with Gasteiger partial charge in [0.2, 0.25) is 0 Å². The van der Waals surface area contributed by atoms with Crippen LogP contribution < -0.4 is 0 Å². The maximum atomic E-state index is 4.82. The van der Waals surface area contributed by atoms with E-state index in [9.17, 15) is 0 Å². The fraction of sp³-hybridized carbons (Fsp3) is 0.0800. The maximum absolute atomic E-state index is 4.82. The zero-order valence-electron chi connectivity index (χ0n) is 29.9. The second-order valence-corrected chi connectivity index (χ2v) is 14.2. The van der Waals surface area contributed by atoms with Crippen LogP contribution in [0.2, 0.25) is 0 Å². The molecule has 6 aromatic carbocycles. The number of para-hydroxylation sites is 4. The molecule has 0 aliphatic heterocycles. The molecular weight excluding hydrogens is 657 g/mol. The normalized spacial score (nSPS) is 11.6. The number of fused-ring (bicyclic) bond motifs is 6. The van der Waals surface area contributed by atoms with Gasteiger partial charge >= 0.3 is 0 Å². The van der Waals surface area contributed by atoms with Crippen molar-refractivity contribution >= 4 is 43.6 Å². The molecule has 0 bridgehead atoms. The summed E-state index contributed by atoms with van der Waals surface area (Å²) in [6.45, 7) is 0. The lowest BCUT2D eigenvalue weighted by Gasteiger charge is -2.08. The van der Waals surface area contributed by atoms with Gasteiger partial charge in [-0.2, -0.15) is 0 Å². The zero-order valence-corrected chi connectivity index (χ0v) is 29.9. The van der Waals surface area contributed by atoms with E-state index in [-0.39, 0.29) is 0 Å². The summed E-state index contributed by atoms with van der Waals surface area (Å²) in [5, 5.41) is 5.16. The molecular formula is C50H38N4. The number of aromatic nitrogens is 4. The van der Waals surface area contributed by atoms with Crippen LogP contribution in [0, 0.1) is 0 Å². The number of hydrogen-bond donors (Lipinski definition) is 0. The van der Waals surface area contributed by atoms with Crippen LogP contribution in [0.25, 0.3) is 66.4 Å². The van der Waals surface area contributed by atoms with Crippen LogP contribution >= 0.6 is 0 Å². The Morgan fingerprint density at radius 2 is 0.685 bits per heavy atom. The number of aryl methyl sites for hydroxylation is 4. The minimum absolute atomic E-state index is 0.903. The molecule has 0 atom stereocenters. The third-order valence-corrected chi connectivity index (χ3v) is 10.8. The molecule has 10 rings (SSSR count). The van der Waals surface area contributed by atoms with E-state index in [2.05, 4.69) is 179 Å². The van der Waals surface area contributed by atoms with Gasteiger partial charge in [-0.25, -0.2) is 0 Å². The smallest absolute Gasteiger partial charge is 0.0886 e. The van der Waals surface area contributed by atoms with E-state index in [1.165, 1.54) is 77.2 Å². The van der Waals surface area contributed by atoms with E-state index in [1.807, 2.05) is 12.4 Å². The van der Waals surface area contributed by atoms with Gasteiger partial charge in [0.1, 0.15) is 0 Å². The number of pyridine rings is 2. The van der Waals surface area contributed by atoms with Gasteiger partial charge in [-0.15, -0.1) is 0 Å². The highest BCUT2D eigenvalue weighted by Crippen LogP contribution is 2.34. The zero-order chi connectivity index (χ0) is 35.8. The lowest BCUT2D eigenvalue weighted by molar-refractivity contribution is 0.947. The summed E-state index contributed by atoms with van der Waals surface area (Å²) in [5.41, 5.74) is 14.2. The minimum atomic E-state index is 0.903. The third-order valence-electron chi connectivity index (χ3n) is 10.8. The topological polar surface area (TPSA) is 35.6 Å². The van der Waals surface area contributed by atoms with Crippen molar-refractivity contribution in [1.29, 1.82) is 0 Å². The van der Waals surface area contributed by atoms with Crippen molar-refractivity contribution in [2.45, 2.75) is 25.7 Å². The molecule has 0 aliphatic carbocycles. The first kappa shape index (κ1) is 31.9. The van der Waals surface area contributed by atoms with Crippen molar-refractivity contribution in [3.05, 3.63) is 205 Å². The fourth-order valence-corrected chi connectivity index (χ4v) is 8.09. The minimum Gasteiger partial charge on any atom is -0.309 e. The molecule has 4 heterocycles. The Morgan fingerprint density at radius 3 is 1.11 bits per heavy atom. The summed E-state index contributed by atoms with van der Waals surface area (Å²) in [5.74, 6) is 0. The summed E-state index contributed by atoms with van der Waals surface area (Å²) in [4.78, 5) is 9.64. The number of nitrogens with zero attached hydrogens (tertiary/aromatic N) is 4. The lowest BCUT2D eigenvalue weighted by Crippen LogP contribution is -1.96. The summed E-state index contributed by atoms with van der Waals surface area (Å²) in [6, 6.07) is 61.1. The van der Waals surface area contributed by atoms with E-state index in [0.717, 1.165) is 37.1 Å². The molecule has 0 N–H and O–H groups in total. The highest BCUT2D eigenvalue weighted by atomic mass is 15.0. The molecule has 0 saturated heterocycles. The van der Waals surface area contributed by atoms with Gasteiger partial charge in [0, 0.05) is 45.3 Å². The number of rotatable bonds is 9. The Bertz CT molecular complexity index is 2700. The maximum Gasteiger partial charge on any atom is 0.0886 e. The predicted octanol–water partition coefficient (Wildman–Crippen LogP) is 11.9. The van der Waals surface area contributed by atoms with Crippen LogP contribution in [0.5, 0.6) is 0 Å². The third kappa shape index (κ3) is 5.82. The molecule has 10 aromatic rings. The highest BCUT2D eigenvalue weighted by Gasteiger charge is 2.14. The molecule has 0 saturated carbocycles. The van der Waals surface area contributed by atoms with Crippen molar-refractivity contribution < 1.29 is 0 Å². The average molecular weight is 695 g/mol. The molecule has 0 aliphatic rings. The second-order valence-electron chi connectivity index (χ2n) is 14.2. The van der Waals surface area contributed by atoms with E-state index in [4.69, 9.17) is 9.97 Å². The molecule has 0 amide bonds. The molecule has 0 spiro atoms. The monoisotopic (exact) mass is 694 g/mol. The summed E-state index contributed by atoms with van der Waals surface area (Å²) in [7, 11) is 0. The van der Waals surface area contributed by atoms with Crippen molar-refractivity contribution in [2.75, 3.05) is 0 Å². The Labute approximate surface area is 314 Å². The molecule has 4 nitrogen and oxygen atoms in total. The van der Waals surface area contributed by atoms with Crippen molar-refractivity contribution in [1.82, 2.24) is 19.1 Å². The predicted molar refractivity (Wildman–Crippen MR) is 224 cm³/mol. The van der Waals surface area contributed by atoms with E-state index >= 15 is 0 Å². The first-order valence-electron chi connectivity index (χ1n) is 18.8. The lowest BCUT2D eigenvalue weighted by atomic mass is 10.0. The molecule has 258 valence electrons. The standard InChI is InChI=1S/C50H38N4/c1-3-11-39(12-4-1)53-47-17-9-7-15-41(47)43-31-35(25-29-49(43)53)19-21-37-23-27-45(51-33-37)46-28-24-38(34-52-46)22-20-36-26-30-50-44(32-36)42-16-8-10-18-48(42)54(50)40-13-5-2-6-14-40/h1-18,23-34H,19-22H2. The van der Waals surface area contributed by atoms with Crippen LogP contribution in [0.15, 0.2) is 182 Å². The molecule has 54 heavy (non-hydrogen) atoms. The first-order chi connectivity index (χ1) is 26.8. The molecule has 4 aromatic heterocycles. The molecule has 0 radical (unpaired) electrons. The van der Waals surface area contributed by atoms with E-state index < -0.39 is 0 Å². The van der Waals surface area contributed by atoms with Crippen LogP contribution in [0.3, 0.4) is 0 Å². The van der Waals surface area contributed by atoms with Crippen LogP contribution in [-0.4, -0.2) is 19.1 Å². The Hall–Kier alpha value is -6.78. The van der Waals surface area contributed by atoms with Gasteiger partial charge in [-0.1, -0.05) is 97.1 Å². The highest BCUT2D eigenvalue weighted by molar-refractivity contribution is 6.10. The fourth-order valence-electron chi connectivity index (χ4n) is 8.09. The SMILES string of the molecule is c1ccc(-n2c3ccccc3c3cc(CCc4ccc(-c5ccc(CCc6ccc7c(c6)c6ccccc6n7-c6ccccc6)cn5)nc4)ccc32)cc1. The average Bonchev–Trinajstić information content (AvgIpc) is 3.75. The Balaban J connectivity index is 0.813. The molecule has 4 heteroatoms. The molecule has 0 unspecified atom stereocenters. The van der Waals surface area contributed by atoms with Gasteiger partial charge < -0.3 is 9.13 Å². The first-order valence-corrected chi connectivity index (χ1v) is 18.8. The van der Waals surface area contributed by atoms with Gasteiger partial charge in [-0.3, -0.25) is 9.97 Å². The molecule has 0 fully saturated rings. The van der Waals surface area contributed by atoms with Crippen LogP contribution in [0.4, 0.5) is 0 Å². The van der Waals surface area contributed by atoms with Crippen LogP contribution in [0.1, 0.15) is 22.3 Å². The number of hydrogen-bond acceptors (Lipinski definition) is 2. The summed E-state index contributed by atoms with van der Waals surface area (Å²) >= 11 is 0. The van der Waals surface area contributed by atoms with Gasteiger partial charge in [0.15, 0.2) is 0 Å². The Morgan fingerprint density at radius 1 is 0.315 bits per heavy atom. The van der Waals surface area contributed by atoms with Gasteiger partial charge in [0.25, 0.3) is 0 Å². The quantitative estimate of drug-likeness (QED) is 0.151. The van der Waals surface area contributed by atoms with Crippen molar-refractivity contribution in [3.63, 3.8) is 0 Å². The largest absolute Gasteiger partial charge is 0.309 e. The van der Waals surface area contributed by atoms with Gasteiger partial charge in [0.05, 0.1) is 33.5 Å². The Kier molecular flexibility index (Phi) is 8.07. The summed E-state index contributed by atoms with van der Waals surface area (Å²) in [6.07, 6.45) is 7.79. The number of benzene rings is 6. The van der Waals surface area contributed by atoms with Gasteiger partial charge in [-0.05, 0) is 121 Å². The van der Waals surface area contributed by atoms with E-state index in [1.54, 1.807) is 0 Å². The van der Waals surface area contributed by atoms with Crippen molar-refractivity contribution in [3.8, 4) is 22.8 Å². The second kappa shape index (κ2) is 13.6. The summed E-state index contributed by atoms with van der Waals surface area (Å²) < 4.78 is 4.73.